The lowest BCUT2D eigenvalue weighted by atomic mass is 10.0. The maximum atomic E-state index is 13.2. The number of carbonyl (C=O) groups excluding carboxylic acids is 1. The first-order valence-electron chi connectivity index (χ1n) is 4.32. The summed E-state index contributed by atoms with van der Waals surface area (Å²) < 4.78 is 13.2. The van der Waals surface area contributed by atoms with Gasteiger partial charge in [0, 0.05) is 5.02 Å². The highest BCUT2D eigenvalue weighted by molar-refractivity contribution is 6.31. The highest BCUT2D eigenvalue weighted by Crippen LogP contribution is 2.36. The summed E-state index contributed by atoms with van der Waals surface area (Å²) in [5.74, 6) is -0.909. The van der Waals surface area contributed by atoms with E-state index in [1.165, 1.54) is 18.2 Å². The van der Waals surface area contributed by atoms with E-state index < -0.39 is 11.4 Å². The minimum absolute atomic E-state index is 0.00231. The maximum absolute atomic E-state index is 13.2. The third kappa shape index (κ3) is 1.53. The summed E-state index contributed by atoms with van der Waals surface area (Å²) in [6.07, 6.45) is 1.25. The minimum Gasteiger partial charge on any atom is -0.319 e. The molecule has 0 aliphatic heterocycles. The van der Waals surface area contributed by atoms with E-state index in [1.54, 1.807) is 0 Å². The van der Waals surface area contributed by atoms with Gasteiger partial charge in [0.15, 0.2) is 5.78 Å². The summed E-state index contributed by atoms with van der Waals surface area (Å²) in [6.45, 7) is 0. The molecule has 74 valence electrons. The second-order valence-corrected chi connectivity index (χ2v) is 4.05. The zero-order chi connectivity index (χ0) is 10.3. The van der Waals surface area contributed by atoms with E-state index in [1.807, 2.05) is 0 Å². The Hall–Kier alpha value is -0.930. The van der Waals surface area contributed by atoms with Crippen LogP contribution in [0.1, 0.15) is 23.2 Å². The monoisotopic (exact) mass is 213 g/mol. The first-order chi connectivity index (χ1) is 6.53. The summed E-state index contributed by atoms with van der Waals surface area (Å²) in [5.41, 5.74) is 4.84. The lowest BCUT2D eigenvalue weighted by Gasteiger charge is -2.08. The second kappa shape index (κ2) is 3.04. The minimum atomic E-state index is -0.842. The van der Waals surface area contributed by atoms with E-state index in [0.717, 1.165) is 0 Å². The fourth-order valence-electron chi connectivity index (χ4n) is 1.30. The third-order valence-electron chi connectivity index (χ3n) is 2.41. The van der Waals surface area contributed by atoms with Crippen molar-refractivity contribution in [3.05, 3.63) is 34.6 Å². The Morgan fingerprint density at radius 1 is 1.50 bits per heavy atom. The SMILES string of the molecule is NC1(C(=O)c2cc(Cl)ccc2F)CC1. The molecule has 0 radical (unpaired) electrons. The third-order valence-corrected chi connectivity index (χ3v) is 2.65. The van der Waals surface area contributed by atoms with Crippen LogP contribution < -0.4 is 5.73 Å². The van der Waals surface area contributed by atoms with Crippen molar-refractivity contribution in [1.82, 2.24) is 0 Å². The lowest BCUT2D eigenvalue weighted by Crippen LogP contribution is -2.33. The topological polar surface area (TPSA) is 43.1 Å². The molecule has 14 heavy (non-hydrogen) atoms. The van der Waals surface area contributed by atoms with Gasteiger partial charge in [-0.15, -0.1) is 0 Å². The van der Waals surface area contributed by atoms with Crippen molar-refractivity contribution in [2.75, 3.05) is 0 Å². The van der Waals surface area contributed by atoms with Crippen LogP contribution in [-0.4, -0.2) is 11.3 Å². The fraction of sp³-hybridized carbons (Fsp3) is 0.300. The predicted octanol–water partition coefficient (Wildman–Crippen LogP) is 2.15. The molecular weight excluding hydrogens is 205 g/mol. The van der Waals surface area contributed by atoms with Gasteiger partial charge in [0.25, 0.3) is 0 Å². The molecular formula is C10H9ClFNO. The summed E-state index contributed by atoms with van der Waals surface area (Å²) in [5, 5.41) is 0.346. The average molecular weight is 214 g/mol. The predicted molar refractivity (Wildman–Crippen MR) is 51.9 cm³/mol. The smallest absolute Gasteiger partial charge is 0.185 e. The molecule has 1 aliphatic carbocycles. The van der Waals surface area contributed by atoms with Crippen molar-refractivity contribution in [1.29, 1.82) is 0 Å². The average Bonchev–Trinajstić information content (AvgIpc) is 2.88. The summed E-state index contributed by atoms with van der Waals surface area (Å²) >= 11 is 5.67. The van der Waals surface area contributed by atoms with Crippen molar-refractivity contribution in [3.63, 3.8) is 0 Å². The van der Waals surface area contributed by atoms with Gasteiger partial charge < -0.3 is 5.73 Å². The Morgan fingerprint density at radius 3 is 2.71 bits per heavy atom. The molecule has 2 nitrogen and oxygen atoms in total. The molecule has 2 rings (SSSR count). The van der Waals surface area contributed by atoms with Gasteiger partial charge in [-0.05, 0) is 31.0 Å². The molecule has 0 unspecified atom stereocenters. The first-order valence-corrected chi connectivity index (χ1v) is 4.69. The van der Waals surface area contributed by atoms with Crippen molar-refractivity contribution in [2.45, 2.75) is 18.4 Å². The molecule has 0 amide bonds. The van der Waals surface area contributed by atoms with E-state index >= 15 is 0 Å². The van der Waals surface area contributed by atoms with Crippen LogP contribution >= 0.6 is 11.6 Å². The fourth-order valence-corrected chi connectivity index (χ4v) is 1.47. The zero-order valence-corrected chi connectivity index (χ0v) is 8.14. The number of hydrogen-bond acceptors (Lipinski definition) is 2. The number of halogens is 2. The normalized spacial score (nSPS) is 17.9. The van der Waals surface area contributed by atoms with Crippen molar-refractivity contribution >= 4 is 17.4 Å². The van der Waals surface area contributed by atoms with Crippen LogP contribution in [-0.2, 0) is 0 Å². The highest BCUT2D eigenvalue weighted by atomic mass is 35.5. The highest BCUT2D eigenvalue weighted by Gasteiger charge is 2.46. The second-order valence-electron chi connectivity index (χ2n) is 3.61. The molecule has 0 aromatic heterocycles. The number of carbonyl (C=O) groups is 1. The molecule has 1 fully saturated rings. The lowest BCUT2D eigenvalue weighted by molar-refractivity contribution is 0.0945. The van der Waals surface area contributed by atoms with Crippen LogP contribution in [0.4, 0.5) is 4.39 Å². The van der Waals surface area contributed by atoms with Crippen molar-refractivity contribution in [2.24, 2.45) is 5.73 Å². The summed E-state index contributed by atoms with van der Waals surface area (Å²) in [4.78, 5) is 11.7. The van der Waals surface area contributed by atoms with Crippen LogP contribution in [0, 0.1) is 5.82 Å². The van der Waals surface area contributed by atoms with Crippen LogP contribution in [0.25, 0.3) is 0 Å². The summed E-state index contributed by atoms with van der Waals surface area (Å²) in [7, 11) is 0. The van der Waals surface area contributed by atoms with Gasteiger partial charge in [-0.1, -0.05) is 11.6 Å². The molecule has 2 N–H and O–H groups in total. The Bertz CT molecular complexity index is 401. The molecule has 0 bridgehead atoms. The molecule has 4 heteroatoms. The van der Waals surface area contributed by atoms with Gasteiger partial charge in [0.2, 0.25) is 0 Å². The number of hydrogen-bond donors (Lipinski definition) is 1. The molecule has 0 atom stereocenters. The van der Waals surface area contributed by atoms with Gasteiger partial charge in [-0.3, -0.25) is 4.79 Å². The van der Waals surface area contributed by atoms with Crippen LogP contribution in [0.3, 0.4) is 0 Å². The largest absolute Gasteiger partial charge is 0.319 e. The molecule has 1 aromatic carbocycles. The van der Waals surface area contributed by atoms with E-state index in [9.17, 15) is 9.18 Å². The van der Waals surface area contributed by atoms with Crippen molar-refractivity contribution < 1.29 is 9.18 Å². The quantitative estimate of drug-likeness (QED) is 0.765. The van der Waals surface area contributed by atoms with Crippen LogP contribution in [0.15, 0.2) is 18.2 Å². The zero-order valence-electron chi connectivity index (χ0n) is 7.39. The van der Waals surface area contributed by atoms with Crippen LogP contribution in [0.5, 0.6) is 0 Å². The maximum Gasteiger partial charge on any atom is 0.185 e. The van der Waals surface area contributed by atoms with Gasteiger partial charge in [0.1, 0.15) is 5.82 Å². The number of rotatable bonds is 2. The first kappa shape index (κ1) is 9.62. The molecule has 0 saturated heterocycles. The van der Waals surface area contributed by atoms with Crippen molar-refractivity contribution in [3.8, 4) is 0 Å². The van der Waals surface area contributed by atoms with E-state index in [2.05, 4.69) is 0 Å². The van der Waals surface area contributed by atoms with E-state index in [0.29, 0.717) is 17.9 Å². The van der Waals surface area contributed by atoms with Gasteiger partial charge >= 0.3 is 0 Å². The molecule has 1 saturated carbocycles. The molecule has 0 spiro atoms. The van der Waals surface area contributed by atoms with Gasteiger partial charge in [-0.25, -0.2) is 4.39 Å². The Labute approximate surface area is 85.9 Å². The Morgan fingerprint density at radius 2 is 2.14 bits per heavy atom. The number of benzene rings is 1. The molecule has 1 aromatic rings. The van der Waals surface area contributed by atoms with E-state index in [-0.39, 0.29) is 11.3 Å². The Kier molecular flexibility index (Phi) is 2.09. The standard InChI is InChI=1S/C10H9ClFNO/c11-6-1-2-8(12)7(5-6)9(14)10(13)3-4-10/h1-2,5H,3-4,13H2. The number of ketones is 1. The number of Topliss-reactive ketones (excluding diaryl/α,β-unsaturated/α-hetero) is 1. The van der Waals surface area contributed by atoms with Gasteiger partial charge in [-0.2, -0.15) is 0 Å². The van der Waals surface area contributed by atoms with Crippen LogP contribution in [0.2, 0.25) is 5.02 Å². The van der Waals surface area contributed by atoms with E-state index in [4.69, 9.17) is 17.3 Å². The Balaban J connectivity index is 2.40. The summed E-state index contributed by atoms with van der Waals surface area (Å²) in [6, 6.07) is 3.91. The number of nitrogens with two attached hydrogens (primary N) is 1. The molecule has 0 heterocycles. The van der Waals surface area contributed by atoms with Gasteiger partial charge in [0.05, 0.1) is 11.1 Å². The molecule has 1 aliphatic rings.